The Morgan fingerprint density at radius 3 is 2.03 bits per heavy atom. The van der Waals surface area contributed by atoms with E-state index in [2.05, 4.69) is 35.7 Å². The lowest BCUT2D eigenvalue weighted by Gasteiger charge is -2.33. The normalized spacial score (nSPS) is 31.3. The van der Waals surface area contributed by atoms with Crippen LogP contribution in [0.3, 0.4) is 0 Å². The zero-order chi connectivity index (χ0) is 20.5. The number of thiophene rings is 1. The molecular formula is C20H28O6P2S+2. The van der Waals surface area contributed by atoms with Gasteiger partial charge in [-0.1, -0.05) is 18.2 Å². The van der Waals surface area contributed by atoms with Gasteiger partial charge >= 0.3 is 15.9 Å². The number of hydrogen-bond acceptors (Lipinski definition) is 7. The molecule has 1 aromatic carbocycles. The minimum atomic E-state index is -2.31. The van der Waals surface area contributed by atoms with Crippen LogP contribution in [0, 0.1) is 0 Å². The summed E-state index contributed by atoms with van der Waals surface area (Å²) in [6, 6.07) is 10.7. The molecule has 2 saturated heterocycles. The van der Waals surface area contributed by atoms with E-state index in [4.69, 9.17) is 27.1 Å². The van der Waals surface area contributed by atoms with Crippen molar-refractivity contribution < 1.29 is 27.1 Å². The number of benzene rings is 1. The Morgan fingerprint density at radius 2 is 1.52 bits per heavy atom. The average molecular weight is 458 g/mol. The standard InChI is InChI=1S/C20H28O6P2S/c1-5-21-27(23-15(3)24-27)13-17-9-10-18(19(12-17)20-8-7-11-29-20)14-28(22-6-2)25-16(4)26-28/h7-12,15-16H,5-6,13-14H2,1-4H3/q+2. The van der Waals surface area contributed by atoms with E-state index in [0.29, 0.717) is 25.5 Å². The first-order valence-corrected chi connectivity index (χ1v) is 14.2. The molecule has 6 nitrogen and oxygen atoms in total. The zero-order valence-corrected chi connectivity index (χ0v) is 19.8. The van der Waals surface area contributed by atoms with Crippen molar-refractivity contribution in [2.75, 3.05) is 13.2 Å². The molecule has 0 aliphatic carbocycles. The Hall–Kier alpha value is -0.460. The van der Waals surface area contributed by atoms with Crippen LogP contribution in [0.5, 0.6) is 0 Å². The molecule has 0 saturated carbocycles. The van der Waals surface area contributed by atoms with Gasteiger partial charge in [0.1, 0.15) is 0 Å². The van der Waals surface area contributed by atoms with Gasteiger partial charge in [-0.2, -0.15) is 9.05 Å². The molecule has 2 aromatic rings. The minimum Gasteiger partial charge on any atom is -0.178 e. The fraction of sp³-hybridized carbons (Fsp3) is 0.500. The second-order valence-corrected chi connectivity index (χ2v) is 12.3. The van der Waals surface area contributed by atoms with Crippen molar-refractivity contribution in [3.63, 3.8) is 0 Å². The lowest BCUT2D eigenvalue weighted by atomic mass is 10.0. The van der Waals surface area contributed by atoms with E-state index in [9.17, 15) is 0 Å². The van der Waals surface area contributed by atoms with E-state index < -0.39 is 15.9 Å². The second-order valence-electron chi connectivity index (χ2n) is 6.90. The first-order valence-electron chi connectivity index (χ1n) is 9.91. The highest BCUT2D eigenvalue weighted by atomic mass is 32.1. The maximum atomic E-state index is 5.94. The van der Waals surface area contributed by atoms with Gasteiger partial charge in [0.15, 0.2) is 12.3 Å². The van der Waals surface area contributed by atoms with E-state index in [0.717, 1.165) is 11.1 Å². The van der Waals surface area contributed by atoms with Crippen LogP contribution in [0.15, 0.2) is 35.7 Å². The first-order chi connectivity index (χ1) is 14.0. The topological polar surface area (TPSA) is 55.4 Å². The third kappa shape index (κ3) is 4.74. The fourth-order valence-corrected chi connectivity index (χ4v) is 9.10. The maximum absolute atomic E-state index is 5.94. The highest BCUT2D eigenvalue weighted by Gasteiger charge is 2.60. The molecule has 2 fully saturated rings. The Balaban J connectivity index is 1.61. The van der Waals surface area contributed by atoms with Crippen molar-refractivity contribution in [2.24, 2.45) is 0 Å². The zero-order valence-electron chi connectivity index (χ0n) is 17.2. The van der Waals surface area contributed by atoms with Crippen LogP contribution >= 0.6 is 27.2 Å². The highest BCUT2D eigenvalue weighted by molar-refractivity contribution is 7.62. The van der Waals surface area contributed by atoms with Gasteiger partial charge in [-0.05, 0) is 56.3 Å². The van der Waals surface area contributed by atoms with E-state index >= 15 is 0 Å². The molecule has 0 amide bonds. The Bertz CT molecular complexity index is 807. The Morgan fingerprint density at radius 1 is 0.897 bits per heavy atom. The molecule has 0 radical (unpaired) electrons. The highest BCUT2D eigenvalue weighted by Crippen LogP contribution is 2.74. The van der Waals surface area contributed by atoms with Crippen LogP contribution in [0.4, 0.5) is 0 Å². The molecule has 29 heavy (non-hydrogen) atoms. The quantitative estimate of drug-likeness (QED) is 0.385. The lowest BCUT2D eigenvalue weighted by Crippen LogP contribution is -2.30. The molecule has 0 N–H and O–H groups in total. The van der Waals surface area contributed by atoms with Crippen molar-refractivity contribution in [2.45, 2.75) is 52.6 Å². The van der Waals surface area contributed by atoms with Gasteiger partial charge < -0.3 is 0 Å². The summed E-state index contributed by atoms with van der Waals surface area (Å²) in [5, 5.41) is 2.09. The van der Waals surface area contributed by atoms with Crippen molar-refractivity contribution in [3.8, 4) is 10.4 Å². The summed E-state index contributed by atoms with van der Waals surface area (Å²) in [4.78, 5) is 1.21. The van der Waals surface area contributed by atoms with Gasteiger partial charge in [0, 0.05) is 10.4 Å². The van der Waals surface area contributed by atoms with Crippen molar-refractivity contribution in [1.29, 1.82) is 0 Å². The summed E-state index contributed by atoms with van der Waals surface area (Å²) >= 11 is 1.72. The summed E-state index contributed by atoms with van der Waals surface area (Å²) in [6.07, 6.45) is 0.871. The van der Waals surface area contributed by atoms with E-state index in [1.54, 1.807) is 11.3 Å². The molecule has 3 heterocycles. The lowest BCUT2D eigenvalue weighted by molar-refractivity contribution is -0.105. The van der Waals surface area contributed by atoms with E-state index in [1.165, 1.54) is 10.4 Å². The molecule has 0 unspecified atom stereocenters. The molecule has 2 aliphatic rings. The van der Waals surface area contributed by atoms with Gasteiger partial charge in [0.2, 0.25) is 0 Å². The number of rotatable bonds is 9. The van der Waals surface area contributed by atoms with Crippen molar-refractivity contribution in [3.05, 3.63) is 46.8 Å². The Labute approximate surface area is 177 Å². The van der Waals surface area contributed by atoms with Crippen LogP contribution in [-0.4, -0.2) is 25.8 Å². The smallest absolute Gasteiger partial charge is 0.178 e. The molecule has 0 bridgehead atoms. The molecule has 4 rings (SSSR count). The SMILES string of the molecule is CCO[P+]1(Cc2ccc(C[P+]3(OCC)OC(C)O3)c(-c3cccs3)c2)OC(C)O1. The predicted molar refractivity (Wildman–Crippen MR) is 118 cm³/mol. The van der Waals surface area contributed by atoms with E-state index in [1.807, 2.05) is 27.7 Å². The van der Waals surface area contributed by atoms with Gasteiger partial charge in [-0.25, -0.2) is 0 Å². The molecule has 0 spiro atoms. The summed E-state index contributed by atoms with van der Waals surface area (Å²) in [7, 11) is -4.59. The molecule has 158 valence electrons. The largest absolute Gasteiger partial charge is 0.421 e. The van der Waals surface area contributed by atoms with Crippen LogP contribution < -0.4 is 0 Å². The first kappa shape index (κ1) is 21.8. The minimum absolute atomic E-state index is 0.198. The molecule has 1 aromatic heterocycles. The van der Waals surface area contributed by atoms with Gasteiger partial charge in [-0.15, -0.1) is 29.4 Å². The van der Waals surface area contributed by atoms with Gasteiger partial charge in [0.25, 0.3) is 12.6 Å². The van der Waals surface area contributed by atoms with Crippen molar-refractivity contribution >= 4 is 27.2 Å². The van der Waals surface area contributed by atoms with Crippen LogP contribution in [0.2, 0.25) is 0 Å². The summed E-state index contributed by atoms with van der Waals surface area (Å²) in [5.74, 6) is 0. The Kier molecular flexibility index (Phi) is 6.72. The third-order valence-electron chi connectivity index (χ3n) is 4.59. The van der Waals surface area contributed by atoms with Crippen LogP contribution in [0.25, 0.3) is 10.4 Å². The molecule has 9 heteroatoms. The molecule has 0 atom stereocenters. The summed E-state index contributed by atoms with van der Waals surface area (Å²) in [6.45, 7) is 8.88. The van der Waals surface area contributed by atoms with Crippen LogP contribution in [0.1, 0.15) is 38.8 Å². The van der Waals surface area contributed by atoms with Gasteiger partial charge in [-0.3, -0.25) is 0 Å². The molecular weight excluding hydrogens is 430 g/mol. The fourth-order valence-electron chi connectivity index (χ4n) is 3.63. The van der Waals surface area contributed by atoms with Crippen molar-refractivity contribution in [1.82, 2.24) is 0 Å². The third-order valence-corrected chi connectivity index (χ3v) is 10.7. The average Bonchev–Trinajstić information content (AvgIpc) is 3.15. The summed E-state index contributed by atoms with van der Waals surface area (Å²) < 4.78 is 35.5. The van der Waals surface area contributed by atoms with Crippen LogP contribution in [-0.2, 0) is 39.5 Å². The maximum Gasteiger partial charge on any atom is 0.421 e. The second kappa shape index (κ2) is 8.96. The van der Waals surface area contributed by atoms with Gasteiger partial charge in [0.05, 0.1) is 13.2 Å². The van der Waals surface area contributed by atoms with E-state index in [-0.39, 0.29) is 12.6 Å². The number of hydrogen-bond donors (Lipinski definition) is 0. The monoisotopic (exact) mass is 458 g/mol. The summed E-state index contributed by atoms with van der Waals surface area (Å²) in [5.41, 5.74) is 3.47. The predicted octanol–water partition coefficient (Wildman–Crippen LogP) is 6.80. The molecule has 2 aliphatic heterocycles.